The fraction of sp³-hybridized carbons (Fsp3) is 0.620. The molecule has 0 amide bonds. The number of hydrogen-bond acceptors (Lipinski definition) is 6. The number of esters is 3. The minimum Gasteiger partial charge on any atom is -0.462 e. The van der Waals surface area contributed by atoms with Crippen LogP contribution >= 0.6 is 0 Å². The van der Waals surface area contributed by atoms with Crippen molar-refractivity contribution in [2.75, 3.05) is 13.2 Å². The number of carbonyl (C=O) groups is 3. The second-order valence-corrected chi connectivity index (χ2v) is 20.2. The van der Waals surface area contributed by atoms with Crippen molar-refractivity contribution in [3.05, 3.63) is 146 Å². The fourth-order valence-corrected chi connectivity index (χ4v) is 8.17. The Hall–Kier alpha value is -4.71. The predicted molar refractivity (Wildman–Crippen MR) is 334 cm³/mol. The first-order valence-corrected chi connectivity index (χ1v) is 31.3. The molecule has 1 unspecified atom stereocenters. The Morgan fingerprint density at radius 3 is 0.792 bits per heavy atom. The summed E-state index contributed by atoms with van der Waals surface area (Å²) in [6.07, 6.45) is 91.2. The molecule has 0 bridgehead atoms. The van der Waals surface area contributed by atoms with Crippen molar-refractivity contribution in [3.63, 3.8) is 0 Å². The number of allylic oxidation sites excluding steroid dienone is 24. The molecule has 0 rings (SSSR count). The van der Waals surface area contributed by atoms with Gasteiger partial charge >= 0.3 is 17.9 Å². The molecule has 1 atom stereocenters. The van der Waals surface area contributed by atoms with Crippen LogP contribution in [0.2, 0.25) is 0 Å². The molecular formula is C71H114O6. The maximum Gasteiger partial charge on any atom is 0.306 e. The molecule has 0 saturated carbocycles. The first-order valence-electron chi connectivity index (χ1n) is 31.3. The van der Waals surface area contributed by atoms with E-state index in [-0.39, 0.29) is 31.1 Å². The van der Waals surface area contributed by atoms with E-state index in [9.17, 15) is 14.4 Å². The monoisotopic (exact) mass is 1060 g/mol. The van der Waals surface area contributed by atoms with Gasteiger partial charge in [-0.2, -0.15) is 0 Å². The van der Waals surface area contributed by atoms with Gasteiger partial charge in [-0.3, -0.25) is 14.4 Å². The van der Waals surface area contributed by atoms with Gasteiger partial charge in [0.15, 0.2) is 6.10 Å². The summed E-state index contributed by atoms with van der Waals surface area (Å²) < 4.78 is 16.9. The standard InChI is InChI=1S/C71H114O6/c1-4-7-10-13-16-19-22-25-28-31-33-35-37-40-43-46-49-52-55-58-61-64-70(73)76-67-68(66-75-69(72)63-60-57-54-51-48-45-42-39-30-27-24-21-18-15-12-9-6-3)77-71(74)65-62-59-56-53-50-47-44-41-38-36-34-32-29-26-23-20-17-14-11-8-5-2/h7-8,10-11,16-21,25-30,33-36,40-41,43-44,68H,4-6,9,12-15,22-24,31-32,37-39,42,45-67H2,1-3H3/b10-7-,11-8-,19-16-,20-17-,21-18-,28-25-,29-26-,30-27-,35-33-,36-34-,43-40-,44-41-. The van der Waals surface area contributed by atoms with Crippen molar-refractivity contribution in [1.82, 2.24) is 0 Å². The molecule has 6 nitrogen and oxygen atoms in total. The van der Waals surface area contributed by atoms with E-state index < -0.39 is 6.10 Å². The topological polar surface area (TPSA) is 78.9 Å². The number of unbranched alkanes of at least 4 members (excludes halogenated alkanes) is 20. The molecule has 0 aliphatic carbocycles. The third-order valence-corrected chi connectivity index (χ3v) is 12.8. The van der Waals surface area contributed by atoms with Gasteiger partial charge in [-0.05, 0) is 141 Å². The third kappa shape index (κ3) is 62.0. The highest BCUT2D eigenvalue weighted by Gasteiger charge is 2.19. The molecule has 6 heteroatoms. The van der Waals surface area contributed by atoms with Gasteiger partial charge in [0.05, 0.1) is 0 Å². The zero-order valence-corrected chi connectivity index (χ0v) is 49.7. The Morgan fingerprint density at radius 2 is 0.506 bits per heavy atom. The van der Waals surface area contributed by atoms with E-state index in [0.29, 0.717) is 19.3 Å². The minimum atomic E-state index is -0.809. The maximum absolute atomic E-state index is 12.9. The number of carbonyl (C=O) groups excluding carboxylic acids is 3. The van der Waals surface area contributed by atoms with E-state index >= 15 is 0 Å². The highest BCUT2D eigenvalue weighted by Crippen LogP contribution is 2.14. The Balaban J connectivity index is 4.51. The average Bonchev–Trinajstić information content (AvgIpc) is 3.43. The first-order chi connectivity index (χ1) is 38.0. The Morgan fingerprint density at radius 1 is 0.273 bits per heavy atom. The summed E-state index contributed by atoms with van der Waals surface area (Å²) in [6, 6.07) is 0. The molecule has 0 spiro atoms. The predicted octanol–water partition coefficient (Wildman–Crippen LogP) is 21.5. The Labute approximate surface area is 474 Å². The largest absolute Gasteiger partial charge is 0.462 e. The van der Waals surface area contributed by atoms with Crippen molar-refractivity contribution in [2.24, 2.45) is 0 Å². The van der Waals surface area contributed by atoms with E-state index in [2.05, 4.69) is 167 Å². The summed E-state index contributed by atoms with van der Waals surface area (Å²) in [5, 5.41) is 0. The van der Waals surface area contributed by atoms with Gasteiger partial charge in [-0.1, -0.05) is 250 Å². The van der Waals surface area contributed by atoms with Crippen LogP contribution in [0.1, 0.15) is 265 Å². The van der Waals surface area contributed by atoms with Gasteiger partial charge < -0.3 is 14.2 Å². The van der Waals surface area contributed by atoms with Gasteiger partial charge in [0.2, 0.25) is 0 Å². The highest BCUT2D eigenvalue weighted by atomic mass is 16.6. The summed E-state index contributed by atoms with van der Waals surface area (Å²) in [4.78, 5) is 38.3. The molecular weight excluding hydrogens is 949 g/mol. The van der Waals surface area contributed by atoms with Crippen LogP contribution in [-0.2, 0) is 28.6 Å². The number of rotatable bonds is 55. The smallest absolute Gasteiger partial charge is 0.306 e. The lowest BCUT2D eigenvalue weighted by Gasteiger charge is -2.18. The summed E-state index contributed by atoms with van der Waals surface area (Å²) in [5.41, 5.74) is 0. The van der Waals surface area contributed by atoms with Crippen LogP contribution in [0, 0.1) is 0 Å². The van der Waals surface area contributed by atoms with Gasteiger partial charge in [0, 0.05) is 19.3 Å². The van der Waals surface area contributed by atoms with E-state index in [1.165, 1.54) is 51.4 Å². The average molecular weight is 1060 g/mol. The van der Waals surface area contributed by atoms with Crippen LogP contribution in [0.25, 0.3) is 0 Å². The van der Waals surface area contributed by atoms with Crippen LogP contribution in [0.15, 0.2) is 146 Å². The molecule has 0 aliphatic heterocycles. The SMILES string of the molecule is CC/C=C\C/C=C\C/C=C\C/C=C\C/C=C\CCCCCCCC(=O)OCC(COC(=O)CCCCCCCCC/C=C\C/C=C\CCCCC)OC(=O)CCCCCCC/C=C\C/C=C\C/C=C\C/C=C\C/C=C\CC. The van der Waals surface area contributed by atoms with Gasteiger partial charge in [-0.15, -0.1) is 0 Å². The Kier molecular flexibility index (Phi) is 59.9. The molecule has 0 aromatic heterocycles. The van der Waals surface area contributed by atoms with E-state index in [1.54, 1.807) is 0 Å². The number of hydrogen-bond donors (Lipinski definition) is 0. The maximum atomic E-state index is 12.9. The van der Waals surface area contributed by atoms with E-state index in [1.807, 2.05) is 0 Å². The first kappa shape index (κ1) is 72.3. The van der Waals surface area contributed by atoms with Crippen molar-refractivity contribution >= 4 is 17.9 Å². The van der Waals surface area contributed by atoms with Crippen molar-refractivity contribution in [2.45, 2.75) is 271 Å². The molecule has 0 aromatic carbocycles. The summed E-state index contributed by atoms with van der Waals surface area (Å²) >= 11 is 0. The fourth-order valence-electron chi connectivity index (χ4n) is 8.17. The lowest BCUT2D eigenvalue weighted by atomic mass is 10.1. The lowest BCUT2D eigenvalue weighted by molar-refractivity contribution is -0.167. The zero-order chi connectivity index (χ0) is 55.7. The zero-order valence-electron chi connectivity index (χ0n) is 49.7. The Bertz CT molecular complexity index is 1700. The van der Waals surface area contributed by atoms with E-state index in [0.717, 1.165) is 173 Å². The van der Waals surface area contributed by atoms with Gasteiger partial charge in [0.1, 0.15) is 13.2 Å². The van der Waals surface area contributed by atoms with E-state index in [4.69, 9.17) is 14.2 Å². The van der Waals surface area contributed by atoms with Crippen LogP contribution in [0.5, 0.6) is 0 Å². The number of ether oxygens (including phenoxy) is 3. The quantitative estimate of drug-likeness (QED) is 0.0261. The summed E-state index contributed by atoms with van der Waals surface area (Å²) in [6.45, 7) is 6.35. The van der Waals surface area contributed by atoms with Crippen molar-refractivity contribution < 1.29 is 28.6 Å². The molecule has 0 heterocycles. The van der Waals surface area contributed by atoms with Crippen LogP contribution < -0.4 is 0 Å². The molecule has 0 radical (unpaired) electrons. The lowest BCUT2D eigenvalue weighted by Crippen LogP contribution is -2.30. The van der Waals surface area contributed by atoms with Gasteiger partial charge in [0.25, 0.3) is 0 Å². The second-order valence-electron chi connectivity index (χ2n) is 20.2. The minimum absolute atomic E-state index is 0.102. The van der Waals surface area contributed by atoms with Crippen LogP contribution in [0.4, 0.5) is 0 Å². The molecule has 0 aromatic rings. The molecule has 0 fully saturated rings. The summed E-state index contributed by atoms with van der Waals surface area (Å²) in [5.74, 6) is -0.948. The van der Waals surface area contributed by atoms with Crippen LogP contribution in [0.3, 0.4) is 0 Å². The third-order valence-electron chi connectivity index (χ3n) is 12.8. The van der Waals surface area contributed by atoms with Gasteiger partial charge in [-0.25, -0.2) is 0 Å². The highest BCUT2D eigenvalue weighted by molar-refractivity contribution is 5.71. The van der Waals surface area contributed by atoms with Crippen molar-refractivity contribution in [1.29, 1.82) is 0 Å². The normalized spacial score (nSPS) is 13.1. The molecule has 434 valence electrons. The molecule has 0 saturated heterocycles. The van der Waals surface area contributed by atoms with Crippen molar-refractivity contribution in [3.8, 4) is 0 Å². The molecule has 0 aliphatic rings. The molecule has 77 heavy (non-hydrogen) atoms. The molecule has 0 N–H and O–H groups in total. The second kappa shape index (κ2) is 63.8. The van der Waals surface area contributed by atoms with Crippen LogP contribution in [-0.4, -0.2) is 37.2 Å². The summed E-state index contributed by atoms with van der Waals surface area (Å²) in [7, 11) is 0.